The molecule has 3 heterocycles. The van der Waals surface area contributed by atoms with Crippen molar-refractivity contribution in [3.8, 4) is 11.7 Å². The number of carbonyl (C=O) groups excluding carboxylic acids is 1. The Balaban J connectivity index is 1.56. The molecule has 0 radical (unpaired) electrons. The van der Waals surface area contributed by atoms with Crippen LogP contribution in [0.25, 0.3) is 5.82 Å². The molecule has 1 aliphatic rings. The lowest BCUT2D eigenvalue weighted by Gasteiger charge is -2.33. The average molecular weight is 411 g/mol. The first-order valence-corrected chi connectivity index (χ1v) is 9.72. The van der Waals surface area contributed by atoms with Crippen molar-refractivity contribution >= 4 is 5.91 Å². The molecule has 0 saturated carbocycles. The summed E-state index contributed by atoms with van der Waals surface area (Å²) >= 11 is 0. The molecule has 0 spiro atoms. The molecular formula is C21H22FN5O3. The number of carbonyl (C=O) groups is 1. The Kier molecular flexibility index (Phi) is 5.71. The summed E-state index contributed by atoms with van der Waals surface area (Å²) in [6, 6.07) is 9.60. The van der Waals surface area contributed by atoms with Crippen molar-refractivity contribution < 1.29 is 18.7 Å². The fraction of sp³-hybridized carbons (Fsp3) is 0.333. The number of amides is 1. The second-order valence-corrected chi connectivity index (χ2v) is 6.87. The normalized spacial score (nSPS) is 16.5. The summed E-state index contributed by atoms with van der Waals surface area (Å²) in [6.07, 6.45) is 1.87. The van der Waals surface area contributed by atoms with Crippen molar-refractivity contribution in [1.29, 1.82) is 0 Å². The molecule has 0 unspecified atom stereocenters. The maximum atomic E-state index is 13.3. The number of hydrogen-bond acceptors (Lipinski definition) is 6. The monoisotopic (exact) mass is 411 g/mol. The number of morpholine rings is 1. The van der Waals surface area contributed by atoms with E-state index in [0.29, 0.717) is 43.4 Å². The van der Waals surface area contributed by atoms with Gasteiger partial charge < -0.3 is 14.4 Å². The summed E-state index contributed by atoms with van der Waals surface area (Å²) in [5.41, 5.74) is 2.12. The third-order valence-electron chi connectivity index (χ3n) is 5.08. The first kappa shape index (κ1) is 20.0. The predicted molar refractivity (Wildman–Crippen MR) is 106 cm³/mol. The van der Waals surface area contributed by atoms with Crippen molar-refractivity contribution in [2.45, 2.75) is 19.4 Å². The van der Waals surface area contributed by atoms with Crippen LogP contribution in [0.1, 0.15) is 34.6 Å². The zero-order chi connectivity index (χ0) is 21.1. The van der Waals surface area contributed by atoms with Crippen molar-refractivity contribution in [3.63, 3.8) is 0 Å². The second-order valence-electron chi connectivity index (χ2n) is 6.87. The highest BCUT2D eigenvalue weighted by Gasteiger charge is 2.29. The van der Waals surface area contributed by atoms with Crippen molar-refractivity contribution in [3.05, 3.63) is 65.2 Å². The number of rotatable bonds is 5. The third-order valence-corrected chi connectivity index (χ3v) is 5.08. The summed E-state index contributed by atoms with van der Waals surface area (Å²) in [6.45, 7) is 3.24. The Morgan fingerprint density at radius 2 is 2.03 bits per heavy atom. The molecular weight excluding hydrogens is 389 g/mol. The van der Waals surface area contributed by atoms with Gasteiger partial charge in [0.15, 0.2) is 5.82 Å². The lowest BCUT2D eigenvalue weighted by molar-refractivity contribution is -0.0228. The molecule has 30 heavy (non-hydrogen) atoms. The summed E-state index contributed by atoms with van der Waals surface area (Å²) < 4.78 is 25.7. The molecule has 1 aliphatic heterocycles. The van der Waals surface area contributed by atoms with Gasteiger partial charge in [0.25, 0.3) is 5.91 Å². The average Bonchev–Trinajstić information content (AvgIpc) is 3.23. The van der Waals surface area contributed by atoms with E-state index >= 15 is 0 Å². The molecule has 1 atom stereocenters. The van der Waals surface area contributed by atoms with Gasteiger partial charge in [0.05, 0.1) is 37.7 Å². The smallest absolute Gasteiger partial charge is 0.257 e. The van der Waals surface area contributed by atoms with Gasteiger partial charge in [0.1, 0.15) is 11.9 Å². The largest absolute Gasteiger partial charge is 0.480 e. The Bertz CT molecular complexity index is 1020. The number of ether oxygens (including phenoxy) is 2. The second kappa shape index (κ2) is 8.58. The van der Waals surface area contributed by atoms with Crippen LogP contribution in [0.4, 0.5) is 4.39 Å². The van der Waals surface area contributed by atoms with Crippen LogP contribution in [0.3, 0.4) is 0 Å². The summed E-state index contributed by atoms with van der Waals surface area (Å²) in [5.74, 6) is 0.498. The summed E-state index contributed by atoms with van der Waals surface area (Å²) in [5, 5.41) is 12.5. The maximum Gasteiger partial charge on any atom is 0.257 e. The molecule has 9 heteroatoms. The zero-order valence-corrected chi connectivity index (χ0v) is 16.8. The van der Waals surface area contributed by atoms with E-state index in [0.717, 1.165) is 11.3 Å². The molecule has 0 N–H and O–H groups in total. The topological polar surface area (TPSA) is 82.4 Å². The van der Waals surface area contributed by atoms with Crippen LogP contribution in [0.15, 0.2) is 42.6 Å². The van der Waals surface area contributed by atoms with Crippen LogP contribution in [-0.4, -0.2) is 57.6 Å². The minimum atomic E-state index is -0.302. The fourth-order valence-corrected chi connectivity index (χ4v) is 3.51. The van der Waals surface area contributed by atoms with Gasteiger partial charge in [-0.2, -0.15) is 5.10 Å². The molecule has 0 bridgehead atoms. The number of methoxy groups -OCH3 is 1. The maximum absolute atomic E-state index is 13.3. The first-order valence-electron chi connectivity index (χ1n) is 9.72. The number of benzene rings is 1. The molecule has 0 aliphatic carbocycles. The van der Waals surface area contributed by atoms with E-state index < -0.39 is 0 Å². The molecule has 1 aromatic carbocycles. The van der Waals surface area contributed by atoms with Gasteiger partial charge in [-0.15, -0.1) is 10.2 Å². The number of aromatic nitrogens is 4. The third kappa shape index (κ3) is 3.88. The molecule has 156 valence electrons. The predicted octanol–water partition coefficient (Wildman–Crippen LogP) is 2.59. The van der Waals surface area contributed by atoms with E-state index in [1.165, 1.54) is 19.2 Å². The SMILES string of the molecule is CCc1c(C(=O)N2CCO[C@H](c3ccc(F)cc3)C2)cnn1-c1ccc(OC)nn1. The molecule has 4 rings (SSSR count). The minimum absolute atomic E-state index is 0.116. The zero-order valence-electron chi connectivity index (χ0n) is 16.8. The van der Waals surface area contributed by atoms with Crippen LogP contribution in [0.5, 0.6) is 5.88 Å². The summed E-state index contributed by atoms with van der Waals surface area (Å²) in [4.78, 5) is 15.0. The Labute approximate surface area is 173 Å². The molecule has 1 fully saturated rings. The first-order chi connectivity index (χ1) is 14.6. The van der Waals surface area contributed by atoms with Gasteiger partial charge in [-0.05, 0) is 30.2 Å². The lowest BCUT2D eigenvalue weighted by Crippen LogP contribution is -2.42. The minimum Gasteiger partial charge on any atom is -0.480 e. The fourth-order valence-electron chi connectivity index (χ4n) is 3.51. The number of halogens is 1. The van der Waals surface area contributed by atoms with Crippen molar-refractivity contribution in [1.82, 2.24) is 24.9 Å². The van der Waals surface area contributed by atoms with E-state index in [4.69, 9.17) is 9.47 Å². The lowest BCUT2D eigenvalue weighted by atomic mass is 10.1. The Hall–Kier alpha value is -3.33. The molecule has 2 aromatic heterocycles. The van der Waals surface area contributed by atoms with E-state index in [9.17, 15) is 9.18 Å². The van der Waals surface area contributed by atoms with E-state index in [2.05, 4.69) is 15.3 Å². The number of nitrogens with zero attached hydrogens (tertiary/aromatic N) is 5. The summed E-state index contributed by atoms with van der Waals surface area (Å²) in [7, 11) is 1.52. The highest BCUT2D eigenvalue weighted by atomic mass is 19.1. The highest BCUT2D eigenvalue weighted by molar-refractivity contribution is 5.95. The van der Waals surface area contributed by atoms with Gasteiger partial charge in [0, 0.05) is 12.6 Å². The van der Waals surface area contributed by atoms with Gasteiger partial charge in [-0.1, -0.05) is 19.1 Å². The van der Waals surface area contributed by atoms with Crippen LogP contribution < -0.4 is 4.74 Å². The quantitative estimate of drug-likeness (QED) is 0.642. The van der Waals surface area contributed by atoms with Crippen LogP contribution in [-0.2, 0) is 11.2 Å². The van der Waals surface area contributed by atoms with Crippen LogP contribution in [0, 0.1) is 5.82 Å². The van der Waals surface area contributed by atoms with E-state index in [1.807, 2.05) is 6.92 Å². The van der Waals surface area contributed by atoms with E-state index in [-0.39, 0.29) is 17.8 Å². The van der Waals surface area contributed by atoms with Crippen LogP contribution in [0.2, 0.25) is 0 Å². The molecule has 1 amide bonds. The Morgan fingerprint density at radius 3 is 2.70 bits per heavy atom. The van der Waals surface area contributed by atoms with Crippen LogP contribution >= 0.6 is 0 Å². The molecule has 3 aromatic rings. The standard InChI is InChI=1S/C21H22FN5O3/c1-3-17-16(12-23-27(17)19-8-9-20(29-2)25-24-19)21(28)26-10-11-30-18(13-26)14-4-6-15(22)7-5-14/h4-9,12,18H,3,10-11,13H2,1-2H3/t18-/m0/s1. The van der Waals surface area contributed by atoms with Gasteiger partial charge in [0.2, 0.25) is 5.88 Å². The van der Waals surface area contributed by atoms with Gasteiger partial charge >= 0.3 is 0 Å². The van der Waals surface area contributed by atoms with Crippen molar-refractivity contribution in [2.75, 3.05) is 26.8 Å². The molecule has 1 saturated heterocycles. The highest BCUT2D eigenvalue weighted by Crippen LogP contribution is 2.25. The van der Waals surface area contributed by atoms with Crippen molar-refractivity contribution in [2.24, 2.45) is 0 Å². The van der Waals surface area contributed by atoms with E-state index in [1.54, 1.807) is 40.0 Å². The molecule has 8 nitrogen and oxygen atoms in total. The van der Waals surface area contributed by atoms with Gasteiger partial charge in [-0.3, -0.25) is 4.79 Å². The Morgan fingerprint density at radius 1 is 1.23 bits per heavy atom. The van der Waals surface area contributed by atoms with Gasteiger partial charge in [-0.25, -0.2) is 9.07 Å². The number of hydrogen-bond donors (Lipinski definition) is 0.